The van der Waals surface area contributed by atoms with Gasteiger partial charge in [-0.1, -0.05) is 6.07 Å². The molecular formula is C14H18O6. The van der Waals surface area contributed by atoms with Gasteiger partial charge < -0.3 is 20.1 Å². The summed E-state index contributed by atoms with van der Waals surface area (Å²) in [4.78, 5) is 22.2. The molecule has 0 saturated heterocycles. The molecule has 6 heteroatoms. The molecule has 0 aliphatic carbocycles. The topological polar surface area (TPSA) is 104 Å². The summed E-state index contributed by atoms with van der Waals surface area (Å²) in [5.74, 6) is -1.75. The highest BCUT2D eigenvalue weighted by atomic mass is 16.5. The quantitative estimate of drug-likeness (QED) is 0.673. The normalized spacial score (nSPS) is 13.6. The number of aromatic carboxylic acids is 1. The number of ether oxygens (including phenoxy) is 1. The van der Waals surface area contributed by atoms with E-state index in [-0.39, 0.29) is 24.2 Å². The van der Waals surface area contributed by atoms with E-state index in [0.29, 0.717) is 5.56 Å². The molecule has 0 bridgehead atoms. The molecule has 2 atom stereocenters. The number of carbonyl (C=O) groups is 2. The molecule has 3 N–H and O–H groups in total. The third kappa shape index (κ3) is 4.04. The second-order valence-electron chi connectivity index (χ2n) is 4.40. The first-order chi connectivity index (χ1) is 9.36. The Morgan fingerprint density at radius 1 is 1.30 bits per heavy atom. The number of carbonyl (C=O) groups excluding carboxylic acids is 1. The fourth-order valence-electron chi connectivity index (χ4n) is 1.80. The molecule has 0 radical (unpaired) electrons. The van der Waals surface area contributed by atoms with Gasteiger partial charge in [0.15, 0.2) is 0 Å². The Labute approximate surface area is 116 Å². The average molecular weight is 282 g/mol. The van der Waals surface area contributed by atoms with Crippen LogP contribution in [0.1, 0.15) is 40.9 Å². The number of carboxylic acid groups (broad SMARTS) is 1. The molecule has 0 heterocycles. The summed E-state index contributed by atoms with van der Waals surface area (Å²) in [5, 5.41) is 28.8. The smallest absolute Gasteiger partial charge is 0.335 e. The van der Waals surface area contributed by atoms with E-state index in [1.165, 1.54) is 12.1 Å². The van der Waals surface area contributed by atoms with Crippen molar-refractivity contribution < 1.29 is 29.6 Å². The number of benzene rings is 1. The zero-order valence-electron chi connectivity index (χ0n) is 11.4. The molecule has 0 aliphatic heterocycles. The molecule has 0 aromatic heterocycles. The minimum absolute atomic E-state index is 0.00739. The summed E-state index contributed by atoms with van der Waals surface area (Å²) in [6.45, 7) is 3.51. The van der Waals surface area contributed by atoms with Crippen LogP contribution in [0.5, 0.6) is 0 Å². The zero-order valence-corrected chi connectivity index (χ0v) is 11.4. The second kappa shape index (κ2) is 7.02. The maximum Gasteiger partial charge on any atom is 0.335 e. The molecule has 0 saturated carbocycles. The van der Waals surface area contributed by atoms with Gasteiger partial charge in [-0.25, -0.2) is 4.79 Å². The van der Waals surface area contributed by atoms with Crippen molar-refractivity contribution in [2.45, 2.75) is 32.5 Å². The van der Waals surface area contributed by atoms with E-state index < -0.39 is 24.1 Å². The monoisotopic (exact) mass is 282 g/mol. The summed E-state index contributed by atoms with van der Waals surface area (Å²) in [5.41, 5.74) is 0.917. The molecule has 0 amide bonds. The number of hydrogen-bond donors (Lipinski definition) is 3. The van der Waals surface area contributed by atoms with Crippen molar-refractivity contribution in [3.8, 4) is 0 Å². The van der Waals surface area contributed by atoms with E-state index in [9.17, 15) is 19.8 Å². The van der Waals surface area contributed by atoms with Gasteiger partial charge in [0.25, 0.3) is 0 Å². The van der Waals surface area contributed by atoms with Gasteiger partial charge in [0.1, 0.15) is 6.10 Å². The van der Waals surface area contributed by atoms with Crippen LogP contribution in [0.15, 0.2) is 18.2 Å². The first kappa shape index (κ1) is 16.1. The Morgan fingerprint density at radius 2 is 1.95 bits per heavy atom. The molecule has 0 fully saturated rings. The minimum atomic E-state index is -1.35. The molecular weight excluding hydrogens is 264 g/mol. The molecule has 6 nitrogen and oxygen atoms in total. The van der Waals surface area contributed by atoms with Crippen molar-refractivity contribution in [2.75, 3.05) is 6.61 Å². The molecule has 0 aliphatic rings. The summed E-state index contributed by atoms with van der Waals surface area (Å²) >= 11 is 0. The minimum Gasteiger partial charge on any atom is -0.478 e. The number of aliphatic hydroxyl groups excluding tert-OH is 2. The van der Waals surface area contributed by atoms with Crippen molar-refractivity contribution in [1.82, 2.24) is 0 Å². The SMILES string of the molecule is CCOC(=O)CC(O)C(O)c1cc(C(=O)O)ccc1C. The van der Waals surface area contributed by atoms with Crippen LogP contribution >= 0.6 is 0 Å². The van der Waals surface area contributed by atoms with Crippen LogP contribution in [0.4, 0.5) is 0 Å². The number of aryl methyl sites for hydroxylation is 1. The zero-order chi connectivity index (χ0) is 15.3. The number of aliphatic hydroxyl groups is 2. The standard InChI is InChI=1S/C14H18O6/c1-3-20-12(16)7-11(15)13(17)10-6-9(14(18)19)5-4-8(10)2/h4-6,11,13,15,17H,3,7H2,1-2H3,(H,18,19). The second-order valence-corrected chi connectivity index (χ2v) is 4.40. The molecule has 110 valence electrons. The van der Waals surface area contributed by atoms with Gasteiger partial charge in [-0.2, -0.15) is 0 Å². The molecule has 1 aromatic carbocycles. The Kier molecular flexibility index (Phi) is 5.66. The first-order valence-electron chi connectivity index (χ1n) is 6.22. The first-order valence-corrected chi connectivity index (χ1v) is 6.22. The highest BCUT2D eigenvalue weighted by molar-refractivity contribution is 5.88. The number of carboxylic acids is 1. The van der Waals surface area contributed by atoms with Crippen molar-refractivity contribution >= 4 is 11.9 Å². The maximum absolute atomic E-state index is 11.3. The van der Waals surface area contributed by atoms with Crippen LogP contribution in [-0.2, 0) is 9.53 Å². The van der Waals surface area contributed by atoms with E-state index in [1.807, 2.05) is 0 Å². The van der Waals surface area contributed by atoms with Crippen LogP contribution in [-0.4, -0.2) is 40.0 Å². The molecule has 1 aromatic rings. The summed E-state index contributed by atoms with van der Waals surface area (Å²) in [6.07, 6.45) is -3.05. The number of hydrogen-bond acceptors (Lipinski definition) is 5. The highest BCUT2D eigenvalue weighted by Crippen LogP contribution is 2.24. The average Bonchev–Trinajstić information content (AvgIpc) is 2.38. The van der Waals surface area contributed by atoms with Gasteiger partial charge in [0.2, 0.25) is 0 Å². The lowest BCUT2D eigenvalue weighted by Crippen LogP contribution is -2.24. The Hall–Kier alpha value is -1.92. The van der Waals surface area contributed by atoms with Gasteiger partial charge in [0.05, 0.1) is 24.7 Å². The third-order valence-electron chi connectivity index (χ3n) is 2.89. The molecule has 1 rings (SSSR count). The highest BCUT2D eigenvalue weighted by Gasteiger charge is 2.24. The lowest BCUT2D eigenvalue weighted by molar-refractivity contribution is -0.147. The van der Waals surface area contributed by atoms with Gasteiger partial charge in [-0.05, 0) is 37.1 Å². The predicted octanol–water partition coefficient (Wildman–Crippen LogP) is 1.04. The van der Waals surface area contributed by atoms with Crippen molar-refractivity contribution in [2.24, 2.45) is 0 Å². The number of esters is 1. The van der Waals surface area contributed by atoms with E-state index in [0.717, 1.165) is 0 Å². The van der Waals surface area contributed by atoms with Crippen LogP contribution < -0.4 is 0 Å². The van der Waals surface area contributed by atoms with Gasteiger partial charge >= 0.3 is 11.9 Å². The lowest BCUT2D eigenvalue weighted by Gasteiger charge is -2.19. The Morgan fingerprint density at radius 3 is 2.50 bits per heavy atom. The van der Waals surface area contributed by atoms with E-state index in [1.54, 1.807) is 19.9 Å². The maximum atomic E-state index is 11.3. The van der Waals surface area contributed by atoms with Gasteiger partial charge in [0, 0.05) is 0 Å². The van der Waals surface area contributed by atoms with Crippen LogP contribution in [0.25, 0.3) is 0 Å². The largest absolute Gasteiger partial charge is 0.478 e. The molecule has 2 unspecified atom stereocenters. The molecule has 20 heavy (non-hydrogen) atoms. The van der Waals surface area contributed by atoms with E-state index in [2.05, 4.69) is 4.74 Å². The fraction of sp³-hybridized carbons (Fsp3) is 0.429. The van der Waals surface area contributed by atoms with Crippen LogP contribution in [0.2, 0.25) is 0 Å². The van der Waals surface area contributed by atoms with Crippen molar-refractivity contribution in [3.05, 3.63) is 34.9 Å². The molecule has 0 spiro atoms. The number of rotatable bonds is 6. The third-order valence-corrected chi connectivity index (χ3v) is 2.89. The van der Waals surface area contributed by atoms with Gasteiger partial charge in [-0.3, -0.25) is 4.79 Å². The van der Waals surface area contributed by atoms with E-state index in [4.69, 9.17) is 5.11 Å². The van der Waals surface area contributed by atoms with Crippen LogP contribution in [0.3, 0.4) is 0 Å². The van der Waals surface area contributed by atoms with Gasteiger partial charge in [-0.15, -0.1) is 0 Å². The summed E-state index contributed by atoms with van der Waals surface area (Å²) in [6, 6.07) is 4.24. The van der Waals surface area contributed by atoms with Crippen molar-refractivity contribution in [1.29, 1.82) is 0 Å². The van der Waals surface area contributed by atoms with Crippen LogP contribution in [0, 0.1) is 6.92 Å². The Bertz CT molecular complexity index is 496. The fourth-order valence-corrected chi connectivity index (χ4v) is 1.80. The Balaban J connectivity index is 2.90. The predicted molar refractivity (Wildman–Crippen MR) is 70.4 cm³/mol. The van der Waals surface area contributed by atoms with E-state index >= 15 is 0 Å². The lowest BCUT2D eigenvalue weighted by atomic mass is 9.96. The van der Waals surface area contributed by atoms with Crippen molar-refractivity contribution in [3.63, 3.8) is 0 Å². The summed E-state index contributed by atoms with van der Waals surface area (Å²) in [7, 11) is 0. The summed E-state index contributed by atoms with van der Waals surface area (Å²) < 4.78 is 4.69.